The minimum absolute atomic E-state index is 0.277. The zero-order valence-corrected chi connectivity index (χ0v) is 10.8. The predicted molar refractivity (Wildman–Crippen MR) is 66.4 cm³/mol. The van der Waals surface area contributed by atoms with E-state index >= 15 is 0 Å². The Hall–Kier alpha value is -1.14. The van der Waals surface area contributed by atoms with Crippen LogP contribution in [-0.4, -0.2) is 42.0 Å². The molecule has 2 aliphatic rings. The number of nitrogens with one attached hydrogen (secondary N) is 1. The van der Waals surface area contributed by atoms with Gasteiger partial charge in [0, 0.05) is 19.1 Å². The molecule has 1 N–H and O–H groups in total. The van der Waals surface area contributed by atoms with E-state index in [0.29, 0.717) is 24.5 Å². The monoisotopic (exact) mass is 252 g/mol. The molecule has 1 aromatic rings. The SMILES string of the molecule is CCC1CN(c2nnc(CNC3CC3)o2)CCO1. The fraction of sp³-hybridized carbons (Fsp3) is 0.833. The minimum atomic E-state index is 0.277. The van der Waals surface area contributed by atoms with Gasteiger partial charge < -0.3 is 19.4 Å². The third-order valence-electron chi connectivity index (χ3n) is 3.44. The van der Waals surface area contributed by atoms with Gasteiger partial charge in [-0.3, -0.25) is 0 Å². The molecule has 2 fully saturated rings. The highest BCUT2D eigenvalue weighted by molar-refractivity contribution is 5.25. The summed E-state index contributed by atoms with van der Waals surface area (Å²) >= 11 is 0. The van der Waals surface area contributed by atoms with Crippen LogP contribution in [0.5, 0.6) is 0 Å². The smallest absolute Gasteiger partial charge is 0.318 e. The molecule has 3 rings (SSSR count). The van der Waals surface area contributed by atoms with Crippen molar-refractivity contribution in [3.8, 4) is 0 Å². The highest BCUT2D eigenvalue weighted by atomic mass is 16.5. The Morgan fingerprint density at radius 1 is 1.39 bits per heavy atom. The Labute approximate surface area is 107 Å². The standard InChI is InChI=1S/C12H20N4O2/c1-2-10-8-16(5-6-17-10)12-15-14-11(18-12)7-13-9-3-4-9/h9-10,13H,2-8H2,1H3. The largest absolute Gasteiger partial charge is 0.407 e. The van der Waals surface area contributed by atoms with E-state index < -0.39 is 0 Å². The lowest BCUT2D eigenvalue weighted by atomic mass is 10.2. The molecule has 1 aromatic heterocycles. The Morgan fingerprint density at radius 3 is 3.06 bits per heavy atom. The van der Waals surface area contributed by atoms with Crippen molar-refractivity contribution < 1.29 is 9.15 Å². The van der Waals surface area contributed by atoms with E-state index in [2.05, 4.69) is 27.3 Å². The van der Waals surface area contributed by atoms with E-state index in [1.165, 1.54) is 12.8 Å². The summed E-state index contributed by atoms with van der Waals surface area (Å²) in [4.78, 5) is 2.12. The molecule has 1 saturated heterocycles. The maximum absolute atomic E-state index is 5.68. The molecular weight excluding hydrogens is 232 g/mol. The number of nitrogens with zero attached hydrogens (tertiary/aromatic N) is 3. The first-order chi connectivity index (χ1) is 8.85. The number of hydrogen-bond acceptors (Lipinski definition) is 6. The second kappa shape index (κ2) is 5.24. The van der Waals surface area contributed by atoms with Gasteiger partial charge in [0.15, 0.2) is 0 Å². The van der Waals surface area contributed by atoms with Crippen molar-refractivity contribution in [2.24, 2.45) is 0 Å². The molecule has 1 atom stereocenters. The molecular formula is C12H20N4O2. The molecule has 1 saturated carbocycles. The normalized spacial score (nSPS) is 24.5. The number of rotatable bonds is 5. The minimum Gasteiger partial charge on any atom is -0.407 e. The van der Waals surface area contributed by atoms with E-state index in [1.807, 2.05) is 0 Å². The second-order valence-electron chi connectivity index (χ2n) is 4.98. The van der Waals surface area contributed by atoms with Gasteiger partial charge in [-0.1, -0.05) is 12.0 Å². The van der Waals surface area contributed by atoms with Crippen molar-refractivity contribution in [1.29, 1.82) is 0 Å². The van der Waals surface area contributed by atoms with Gasteiger partial charge in [0.1, 0.15) is 0 Å². The molecule has 1 aliphatic heterocycles. The number of aromatic nitrogens is 2. The van der Waals surface area contributed by atoms with Crippen LogP contribution in [0, 0.1) is 0 Å². The maximum atomic E-state index is 5.68. The second-order valence-corrected chi connectivity index (χ2v) is 4.98. The van der Waals surface area contributed by atoms with Crippen molar-refractivity contribution >= 4 is 6.01 Å². The summed E-state index contributed by atoms with van der Waals surface area (Å²) in [6, 6.07) is 1.29. The van der Waals surface area contributed by atoms with Gasteiger partial charge >= 0.3 is 6.01 Å². The van der Waals surface area contributed by atoms with E-state index in [-0.39, 0.29) is 6.10 Å². The Balaban J connectivity index is 1.57. The van der Waals surface area contributed by atoms with Gasteiger partial charge in [0.2, 0.25) is 5.89 Å². The van der Waals surface area contributed by atoms with E-state index in [0.717, 1.165) is 26.1 Å². The van der Waals surface area contributed by atoms with Crippen molar-refractivity contribution in [1.82, 2.24) is 15.5 Å². The summed E-state index contributed by atoms with van der Waals surface area (Å²) in [6.07, 6.45) is 3.82. The predicted octanol–water partition coefficient (Wildman–Crippen LogP) is 0.937. The van der Waals surface area contributed by atoms with Crippen LogP contribution in [0.3, 0.4) is 0 Å². The summed E-state index contributed by atoms with van der Waals surface area (Å²) in [6.45, 7) is 5.21. The lowest BCUT2D eigenvalue weighted by Gasteiger charge is -2.30. The van der Waals surface area contributed by atoms with Crippen LogP contribution in [0.25, 0.3) is 0 Å². The van der Waals surface area contributed by atoms with Gasteiger partial charge in [-0.15, -0.1) is 5.10 Å². The molecule has 0 amide bonds. The first-order valence-corrected chi connectivity index (χ1v) is 6.77. The zero-order chi connectivity index (χ0) is 12.4. The van der Waals surface area contributed by atoms with E-state index in [9.17, 15) is 0 Å². The summed E-state index contributed by atoms with van der Waals surface area (Å²) < 4.78 is 11.3. The summed E-state index contributed by atoms with van der Waals surface area (Å²) in [7, 11) is 0. The van der Waals surface area contributed by atoms with Crippen LogP contribution in [0.4, 0.5) is 6.01 Å². The van der Waals surface area contributed by atoms with Crippen molar-refractivity contribution in [2.75, 3.05) is 24.6 Å². The van der Waals surface area contributed by atoms with Crippen LogP contribution < -0.4 is 10.2 Å². The summed E-state index contributed by atoms with van der Waals surface area (Å²) in [5, 5.41) is 11.6. The quantitative estimate of drug-likeness (QED) is 0.841. The number of morpholine rings is 1. The van der Waals surface area contributed by atoms with Crippen LogP contribution >= 0.6 is 0 Å². The number of ether oxygens (including phenoxy) is 1. The van der Waals surface area contributed by atoms with Crippen molar-refractivity contribution in [3.63, 3.8) is 0 Å². The molecule has 1 unspecified atom stereocenters. The summed E-state index contributed by atoms with van der Waals surface area (Å²) in [5.74, 6) is 0.677. The highest BCUT2D eigenvalue weighted by Crippen LogP contribution is 2.20. The highest BCUT2D eigenvalue weighted by Gasteiger charge is 2.24. The molecule has 100 valence electrons. The van der Waals surface area contributed by atoms with Crippen LogP contribution in [0.2, 0.25) is 0 Å². The fourth-order valence-corrected chi connectivity index (χ4v) is 2.10. The number of hydrogen-bond donors (Lipinski definition) is 1. The first kappa shape index (κ1) is 11.9. The van der Waals surface area contributed by atoms with Crippen LogP contribution in [0.1, 0.15) is 32.1 Å². The molecule has 0 radical (unpaired) electrons. The molecule has 6 nitrogen and oxygen atoms in total. The van der Waals surface area contributed by atoms with Gasteiger partial charge in [-0.05, 0) is 19.3 Å². The Bertz CT molecular complexity index is 391. The third-order valence-corrected chi connectivity index (χ3v) is 3.44. The van der Waals surface area contributed by atoms with Crippen LogP contribution in [-0.2, 0) is 11.3 Å². The van der Waals surface area contributed by atoms with Crippen molar-refractivity contribution in [2.45, 2.75) is 44.9 Å². The molecule has 0 aromatic carbocycles. The molecule has 0 bridgehead atoms. The molecule has 6 heteroatoms. The average Bonchev–Trinajstić information content (AvgIpc) is 3.13. The maximum Gasteiger partial charge on any atom is 0.318 e. The number of anilines is 1. The lowest BCUT2D eigenvalue weighted by Crippen LogP contribution is -2.42. The van der Waals surface area contributed by atoms with Gasteiger partial charge in [0.25, 0.3) is 0 Å². The average molecular weight is 252 g/mol. The third kappa shape index (κ3) is 2.81. The fourth-order valence-electron chi connectivity index (χ4n) is 2.10. The van der Waals surface area contributed by atoms with Gasteiger partial charge in [0.05, 0.1) is 19.3 Å². The van der Waals surface area contributed by atoms with E-state index in [1.54, 1.807) is 0 Å². The topological polar surface area (TPSA) is 63.4 Å². The van der Waals surface area contributed by atoms with Gasteiger partial charge in [-0.25, -0.2) is 0 Å². The zero-order valence-electron chi connectivity index (χ0n) is 10.8. The molecule has 0 spiro atoms. The summed E-state index contributed by atoms with van der Waals surface area (Å²) in [5.41, 5.74) is 0. The van der Waals surface area contributed by atoms with E-state index in [4.69, 9.17) is 9.15 Å². The van der Waals surface area contributed by atoms with Gasteiger partial charge in [-0.2, -0.15) is 0 Å². The lowest BCUT2D eigenvalue weighted by molar-refractivity contribution is 0.0366. The Kier molecular flexibility index (Phi) is 3.47. The molecule has 2 heterocycles. The van der Waals surface area contributed by atoms with Crippen molar-refractivity contribution in [3.05, 3.63) is 5.89 Å². The molecule has 1 aliphatic carbocycles. The van der Waals surface area contributed by atoms with Crippen LogP contribution in [0.15, 0.2) is 4.42 Å². The Morgan fingerprint density at radius 2 is 2.28 bits per heavy atom. The first-order valence-electron chi connectivity index (χ1n) is 6.77. The molecule has 18 heavy (non-hydrogen) atoms.